The van der Waals surface area contributed by atoms with E-state index in [0.717, 1.165) is 28.0 Å². The van der Waals surface area contributed by atoms with E-state index in [-0.39, 0.29) is 10.6 Å². The summed E-state index contributed by atoms with van der Waals surface area (Å²) in [5.74, 6) is 3.55. The van der Waals surface area contributed by atoms with Crippen molar-refractivity contribution >= 4 is 27.3 Å². The zero-order valence-electron chi connectivity index (χ0n) is 22.6. The highest BCUT2D eigenvalue weighted by Gasteiger charge is 2.48. The van der Waals surface area contributed by atoms with E-state index in [4.69, 9.17) is 4.74 Å². The summed E-state index contributed by atoms with van der Waals surface area (Å²) in [6.07, 6.45) is 6.81. The number of hydrogen-bond acceptors (Lipinski definition) is 4. The highest BCUT2D eigenvalue weighted by molar-refractivity contribution is 7.92. The summed E-state index contributed by atoms with van der Waals surface area (Å²) in [7, 11) is -4.12. The number of rotatable bonds is 9. The molecule has 4 fully saturated rings. The lowest BCUT2D eigenvalue weighted by Gasteiger charge is -2.54. The molecule has 1 N–H and O–H groups in total. The SMILES string of the molecule is CCOc1ccc(S(=O)(=O)N(CC(=O)Nc2ccc(C3C4CC5CC(C4)CC3C5)cc2)c2ccc(F)cc2)cc1. The van der Waals surface area contributed by atoms with Crippen LogP contribution in [-0.2, 0) is 14.8 Å². The number of amides is 1. The van der Waals surface area contributed by atoms with Crippen LogP contribution in [0.3, 0.4) is 0 Å². The molecule has 0 atom stereocenters. The Balaban J connectivity index is 1.18. The Morgan fingerprint density at radius 2 is 1.48 bits per heavy atom. The highest BCUT2D eigenvalue weighted by atomic mass is 32.2. The van der Waals surface area contributed by atoms with Gasteiger partial charge >= 0.3 is 0 Å². The second kappa shape index (κ2) is 10.9. The van der Waals surface area contributed by atoms with Gasteiger partial charge in [0.25, 0.3) is 10.0 Å². The van der Waals surface area contributed by atoms with Crippen LogP contribution in [0.4, 0.5) is 15.8 Å². The molecule has 4 saturated carbocycles. The van der Waals surface area contributed by atoms with E-state index in [1.165, 1.54) is 74.1 Å². The molecule has 0 aromatic heterocycles. The van der Waals surface area contributed by atoms with Crippen molar-refractivity contribution in [1.82, 2.24) is 0 Å². The third-order valence-electron chi connectivity index (χ3n) is 8.93. The van der Waals surface area contributed by atoms with Gasteiger partial charge in [-0.25, -0.2) is 12.8 Å². The van der Waals surface area contributed by atoms with Crippen molar-refractivity contribution in [2.45, 2.75) is 49.8 Å². The molecule has 0 spiro atoms. The van der Waals surface area contributed by atoms with Crippen molar-refractivity contribution in [3.05, 3.63) is 84.2 Å². The fourth-order valence-electron chi connectivity index (χ4n) is 7.51. The molecule has 0 aliphatic heterocycles. The van der Waals surface area contributed by atoms with Crippen molar-refractivity contribution in [3.63, 3.8) is 0 Å². The summed E-state index contributed by atoms with van der Waals surface area (Å²) in [6.45, 7) is 1.84. The monoisotopic (exact) mass is 562 g/mol. The Labute approximate surface area is 235 Å². The van der Waals surface area contributed by atoms with Crippen LogP contribution in [0.5, 0.6) is 5.75 Å². The highest BCUT2D eigenvalue weighted by Crippen LogP contribution is 2.59. The van der Waals surface area contributed by atoms with Gasteiger partial charge in [0.05, 0.1) is 17.2 Å². The van der Waals surface area contributed by atoms with Crippen LogP contribution in [0.1, 0.15) is 50.5 Å². The van der Waals surface area contributed by atoms with E-state index in [1.54, 1.807) is 12.1 Å². The second-order valence-corrected chi connectivity index (χ2v) is 13.4. The Hall–Kier alpha value is -3.39. The summed E-state index contributed by atoms with van der Waals surface area (Å²) in [5, 5.41) is 2.86. The maximum atomic E-state index is 13.6. The minimum atomic E-state index is -4.12. The average molecular weight is 563 g/mol. The van der Waals surface area contributed by atoms with E-state index < -0.39 is 28.3 Å². The molecule has 1 amide bonds. The molecule has 4 bridgehead atoms. The van der Waals surface area contributed by atoms with E-state index >= 15 is 0 Å². The maximum Gasteiger partial charge on any atom is 0.264 e. The van der Waals surface area contributed by atoms with E-state index in [0.29, 0.717) is 24.0 Å². The van der Waals surface area contributed by atoms with Crippen LogP contribution in [0.2, 0.25) is 0 Å². The van der Waals surface area contributed by atoms with Crippen LogP contribution in [0, 0.1) is 29.5 Å². The fourth-order valence-corrected chi connectivity index (χ4v) is 8.93. The van der Waals surface area contributed by atoms with E-state index in [1.807, 2.05) is 19.1 Å². The molecular formula is C32H35FN2O4S. The number of sulfonamides is 1. The molecule has 0 saturated heterocycles. The van der Waals surface area contributed by atoms with Crippen LogP contribution in [-0.4, -0.2) is 27.5 Å². The zero-order chi connectivity index (χ0) is 27.9. The van der Waals surface area contributed by atoms with Gasteiger partial charge in [0, 0.05) is 5.69 Å². The molecule has 0 radical (unpaired) electrons. The minimum absolute atomic E-state index is 0.00750. The smallest absolute Gasteiger partial charge is 0.264 e. The van der Waals surface area contributed by atoms with Gasteiger partial charge in [-0.2, -0.15) is 0 Å². The number of nitrogens with one attached hydrogen (secondary N) is 1. The summed E-state index contributed by atoms with van der Waals surface area (Å²) < 4.78 is 47.3. The molecule has 3 aromatic rings. The molecule has 8 heteroatoms. The molecule has 3 aromatic carbocycles. The molecule has 40 heavy (non-hydrogen) atoms. The molecule has 0 heterocycles. The van der Waals surface area contributed by atoms with Crippen molar-refractivity contribution in [3.8, 4) is 5.75 Å². The third kappa shape index (κ3) is 5.33. The van der Waals surface area contributed by atoms with Crippen LogP contribution < -0.4 is 14.4 Å². The van der Waals surface area contributed by atoms with Crippen molar-refractivity contribution < 1.29 is 22.3 Å². The molecular weight excluding hydrogens is 527 g/mol. The normalized spacial score (nSPS) is 25.0. The van der Waals surface area contributed by atoms with Gasteiger partial charge in [0.1, 0.15) is 18.1 Å². The zero-order valence-corrected chi connectivity index (χ0v) is 23.4. The topological polar surface area (TPSA) is 75.7 Å². The first-order chi connectivity index (χ1) is 19.3. The first kappa shape index (κ1) is 26.8. The quantitative estimate of drug-likeness (QED) is 0.319. The predicted molar refractivity (Wildman–Crippen MR) is 153 cm³/mol. The van der Waals surface area contributed by atoms with Gasteiger partial charge < -0.3 is 10.1 Å². The van der Waals surface area contributed by atoms with Gasteiger partial charge in [-0.1, -0.05) is 12.1 Å². The minimum Gasteiger partial charge on any atom is -0.494 e. The lowest BCUT2D eigenvalue weighted by molar-refractivity contribution is -0.114. The molecule has 210 valence electrons. The summed E-state index contributed by atoms with van der Waals surface area (Å²) in [5.41, 5.74) is 2.16. The van der Waals surface area contributed by atoms with E-state index in [2.05, 4.69) is 17.4 Å². The fraction of sp³-hybridized carbons (Fsp3) is 0.406. The lowest BCUT2D eigenvalue weighted by atomic mass is 9.51. The number of benzene rings is 3. The first-order valence-corrected chi connectivity index (χ1v) is 15.6. The molecule has 7 rings (SSSR count). The van der Waals surface area contributed by atoms with Crippen LogP contribution >= 0.6 is 0 Å². The van der Waals surface area contributed by atoms with Crippen molar-refractivity contribution in [2.24, 2.45) is 23.7 Å². The number of carbonyl (C=O) groups excluding carboxylic acids is 1. The lowest BCUT2D eigenvalue weighted by Crippen LogP contribution is -2.43. The van der Waals surface area contributed by atoms with Gasteiger partial charge in [-0.3, -0.25) is 9.10 Å². The number of hydrogen-bond donors (Lipinski definition) is 1. The van der Waals surface area contributed by atoms with Gasteiger partial charge in [-0.15, -0.1) is 0 Å². The molecule has 6 nitrogen and oxygen atoms in total. The van der Waals surface area contributed by atoms with Crippen LogP contribution in [0.25, 0.3) is 0 Å². The largest absolute Gasteiger partial charge is 0.494 e. The summed E-state index contributed by atoms with van der Waals surface area (Å²) in [4.78, 5) is 13.2. The number of anilines is 2. The summed E-state index contributed by atoms with van der Waals surface area (Å²) in [6, 6.07) is 19.2. The van der Waals surface area contributed by atoms with Gasteiger partial charge in [0.15, 0.2) is 0 Å². The summed E-state index contributed by atoms with van der Waals surface area (Å²) >= 11 is 0. The van der Waals surface area contributed by atoms with Crippen LogP contribution in [0.15, 0.2) is 77.7 Å². The van der Waals surface area contributed by atoms with Gasteiger partial charge in [0.2, 0.25) is 5.91 Å². The third-order valence-corrected chi connectivity index (χ3v) is 10.7. The average Bonchev–Trinajstić information content (AvgIpc) is 2.93. The Bertz CT molecular complexity index is 1430. The number of halogens is 1. The molecule has 4 aliphatic rings. The maximum absolute atomic E-state index is 13.6. The number of carbonyl (C=O) groups is 1. The van der Waals surface area contributed by atoms with E-state index in [9.17, 15) is 17.6 Å². The van der Waals surface area contributed by atoms with Gasteiger partial charge in [-0.05, 0) is 135 Å². The predicted octanol–water partition coefficient (Wildman–Crippen LogP) is 6.60. The number of ether oxygens (including phenoxy) is 1. The Morgan fingerprint density at radius 1 is 0.875 bits per heavy atom. The Kier molecular flexibility index (Phi) is 7.29. The van der Waals surface area contributed by atoms with Crippen molar-refractivity contribution in [1.29, 1.82) is 0 Å². The molecule has 0 unspecified atom stereocenters. The standard InChI is InChI=1S/C32H35FN2O4S/c1-2-39-29-11-13-30(14-12-29)40(37,38)35(28-9-5-26(33)6-10-28)20-31(36)34-27-7-3-23(4-8-27)32-24-16-21-15-22(18-24)19-25(32)17-21/h3-14,21-22,24-25,32H,2,15-20H2,1H3,(H,34,36). The van der Waals surface area contributed by atoms with Crippen molar-refractivity contribution in [2.75, 3.05) is 22.8 Å². The number of nitrogens with zero attached hydrogens (tertiary/aromatic N) is 1. The molecule has 4 aliphatic carbocycles. The second-order valence-electron chi connectivity index (χ2n) is 11.5. The first-order valence-electron chi connectivity index (χ1n) is 14.2. The Morgan fingerprint density at radius 3 is 2.05 bits per heavy atom.